The predicted molar refractivity (Wildman–Crippen MR) is 151 cm³/mol. The third kappa shape index (κ3) is 4.29. The molecular formula is C29H24ClN5O2S. The number of H-pyrrole nitrogens is 1. The Morgan fingerprint density at radius 1 is 1.05 bits per heavy atom. The predicted octanol–water partition coefficient (Wildman–Crippen LogP) is 6.34. The number of nitrogens with one attached hydrogen (secondary N) is 1. The number of fused-ring (bicyclic) bond motifs is 2. The second-order valence-corrected chi connectivity index (χ2v) is 11.0. The molecule has 0 spiro atoms. The van der Waals surface area contributed by atoms with Crippen molar-refractivity contribution < 1.29 is 9.59 Å². The number of hydrogen-bond donors (Lipinski definition) is 1. The summed E-state index contributed by atoms with van der Waals surface area (Å²) in [7, 11) is 0. The van der Waals surface area contributed by atoms with Gasteiger partial charge in [-0.1, -0.05) is 41.6 Å². The number of ketones is 1. The van der Waals surface area contributed by atoms with Gasteiger partial charge in [0.15, 0.2) is 16.8 Å². The molecule has 3 heterocycles. The first-order valence-corrected chi connectivity index (χ1v) is 13.6. The van der Waals surface area contributed by atoms with Crippen molar-refractivity contribution in [1.82, 2.24) is 19.7 Å². The highest BCUT2D eigenvalue weighted by Gasteiger charge is 2.27. The number of halogens is 1. The van der Waals surface area contributed by atoms with Crippen molar-refractivity contribution in [3.63, 3.8) is 0 Å². The molecule has 5 aromatic rings. The molecule has 0 aliphatic carbocycles. The van der Waals surface area contributed by atoms with Crippen molar-refractivity contribution in [1.29, 1.82) is 0 Å². The van der Waals surface area contributed by atoms with Crippen LogP contribution in [-0.4, -0.2) is 43.2 Å². The number of Topliss-reactive ketones (excluding diaryl/α,β-unsaturated/α-hetero) is 1. The smallest absolute Gasteiger partial charge is 0.223 e. The number of hydrogen-bond acceptors (Lipinski definition) is 5. The van der Waals surface area contributed by atoms with Gasteiger partial charge >= 0.3 is 0 Å². The standard InChI is InChI=1S/C29H24ClN5O2S/c1-17(27(37)20-7-12-26-19(15-20)13-14-34(26)18(2)36)38-29-33-32-28(35(29)22-10-8-21(30)9-11-22)24-16-31-25-6-4-3-5-23(24)25/h3-12,15-17,31H,13-14H2,1-2H3. The summed E-state index contributed by atoms with van der Waals surface area (Å²) < 4.78 is 1.97. The number of aromatic amines is 1. The number of amides is 1. The van der Waals surface area contributed by atoms with Crippen LogP contribution in [-0.2, 0) is 11.2 Å². The van der Waals surface area contributed by atoms with E-state index in [9.17, 15) is 9.59 Å². The molecule has 2 aromatic heterocycles. The SMILES string of the molecule is CC(=O)N1CCc2cc(C(=O)C(C)Sc3nnc(-c4c[nH]c5ccccc45)n3-c3ccc(Cl)cc3)ccc21. The molecule has 0 fully saturated rings. The maximum atomic E-state index is 13.5. The molecule has 1 unspecified atom stereocenters. The van der Waals surface area contributed by atoms with Crippen molar-refractivity contribution in [2.75, 3.05) is 11.4 Å². The van der Waals surface area contributed by atoms with Crippen molar-refractivity contribution >= 4 is 51.6 Å². The van der Waals surface area contributed by atoms with E-state index >= 15 is 0 Å². The van der Waals surface area contributed by atoms with Crippen LogP contribution in [0.15, 0.2) is 78.1 Å². The first-order chi connectivity index (χ1) is 18.4. The van der Waals surface area contributed by atoms with E-state index in [2.05, 4.69) is 15.2 Å². The molecule has 3 aromatic carbocycles. The molecule has 0 saturated heterocycles. The van der Waals surface area contributed by atoms with Gasteiger partial charge in [-0.05, 0) is 67.4 Å². The van der Waals surface area contributed by atoms with Crippen molar-refractivity contribution in [2.24, 2.45) is 0 Å². The number of anilines is 1. The molecule has 1 aliphatic rings. The van der Waals surface area contributed by atoms with Crippen molar-refractivity contribution in [2.45, 2.75) is 30.7 Å². The van der Waals surface area contributed by atoms with E-state index in [4.69, 9.17) is 11.6 Å². The molecule has 1 amide bonds. The number of carbonyl (C=O) groups excluding carboxylic acids is 2. The Morgan fingerprint density at radius 2 is 1.84 bits per heavy atom. The Labute approximate surface area is 228 Å². The lowest BCUT2D eigenvalue weighted by molar-refractivity contribution is -0.116. The van der Waals surface area contributed by atoms with Gasteiger partial charge in [-0.2, -0.15) is 0 Å². The molecule has 1 atom stereocenters. The molecule has 7 nitrogen and oxygen atoms in total. The van der Waals surface area contributed by atoms with Gasteiger partial charge in [-0.3, -0.25) is 14.2 Å². The van der Waals surface area contributed by atoms with Gasteiger partial charge in [0.1, 0.15) is 0 Å². The number of aromatic nitrogens is 4. The monoisotopic (exact) mass is 541 g/mol. The maximum absolute atomic E-state index is 13.5. The lowest BCUT2D eigenvalue weighted by Gasteiger charge is -2.16. The van der Waals surface area contributed by atoms with E-state index in [0.717, 1.165) is 39.8 Å². The largest absolute Gasteiger partial charge is 0.360 e. The summed E-state index contributed by atoms with van der Waals surface area (Å²) in [5.41, 5.74) is 5.31. The molecule has 0 radical (unpaired) electrons. The second kappa shape index (κ2) is 9.78. The van der Waals surface area contributed by atoms with E-state index in [1.807, 2.05) is 78.4 Å². The fourth-order valence-electron chi connectivity index (χ4n) is 4.93. The van der Waals surface area contributed by atoms with Crippen LogP contribution >= 0.6 is 23.4 Å². The van der Waals surface area contributed by atoms with E-state index in [0.29, 0.717) is 28.1 Å². The molecule has 0 saturated carbocycles. The Kier molecular flexibility index (Phi) is 6.29. The Balaban J connectivity index is 1.35. The normalized spacial score (nSPS) is 13.6. The minimum atomic E-state index is -0.413. The summed E-state index contributed by atoms with van der Waals surface area (Å²) in [6.07, 6.45) is 2.68. The quantitative estimate of drug-likeness (QED) is 0.200. The molecule has 0 bridgehead atoms. The first-order valence-electron chi connectivity index (χ1n) is 12.3. The minimum Gasteiger partial charge on any atom is -0.360 e. The van der Waals surface area contributed by atoms with Crippen LogP contribution in [0.1, 0.15) is 29.8 Å². The summed E-state index contributed by atoms with van der Waals surface area (Å²) in [5.74, 6) is 0.687. The summed E-state index contributed by atoms with van der Waals surface area (Å²) in [5, 5.41) is 10.9. The zero-order chi connectivity index (χ0) is 26.4. The third-order valence-corrected chi connectivity index (χ3v) is 8.13. The average molecular weight is 542 g/mol. The number of benzene rings is 3. The lowest BCUT2D eigenvalue weighted by atomic mass is 10.0. The zero-order valence-corrected chi connectivity index (χ0v) is 22.4. The van der Waals surface area contributed by atoms with Crippen LogP contribution < -0.4 is 4.90 Å². The highest BCUT2D eigenvalue weighted by Crippen LogP contribution is 2.35. The van der Waals surface area contributed by atoms with Gasteiger partial charge in [0.2, 0.25) is 5.91 Å². The van der Waals surface area contributed by atoms with Crippen LogP contribution in [0, 0.1) is 0 Å². The zero-order valence-electron chi connectivity index (χ0n) is 20.8. The van der Waals surface area contributed by atoms with Gasteiger partial charge in [-0.15, -0.1) is 10.2 Å². The molecule has 1 aliphatic heterocycles. The molecule has 1 N–H and O–H groups in total. The highest BCUT2D eigenvalue weighted by molar-refractivity contribution is 8.00. The number of nitrogens with zero attached hydrogens (tertiary/aromatic N) is 4. The van der Waals surface area contributed by atoms with Crippen LogP contribution in [0.3, 0.4) is 0 Å². The van der Waals surface area contributed by atoms with E-state index in [-0.39, 0.29) is 11.7 Å². The van der Waals surface area contributed by atoms with Gasteiger partial charge in [0, 0.05) is 58.1 Å². The number of para-hydroxylation sites is 1. The highest BCUT2D eigenvalue weighted by atomic mass is 35.5. The molecular weight excluding hydrogens is 518 g/mol. The fourth-order valence-corrected chi connectivity index (χ4v) is 6.00. The minimum absolute atomic E-state index is 0.00150. The Hall–Kier alpha value is -3.88. The van der Waals surface area contributed by atoms with Crippen LogP contribution in [0.4, 0.5) is 5.69 Å². The number of rotatable bonds is 6. The number of carbonyl (C=O) groups is 2. The Bertz CT molecular complexity index is 1690. The summed E-state index contributed by atoms with van der Waals surface area (Å²) >= 11 is 7.54. The topological polar surface area (TPSA) is 83.9 Å². The van der Waals surface area contributed by atoms with Gasteiger partial charge in [0.05, 0.1) is 5.25 Å². The van der Waals surface area contributed by atoms with Crippen molar-refractivity contribution in [3.8, 4) is 17.1 Å². The van der Waals surface area contributed by atoms with E-state index in [1.54, 1.807) is 17.9 Å². The maximum Gasteiger partial charge on any atom is 0.223 e. The molecule has 6 rings (SSSR count). The molecule has 38 heavy (non-hydrogen) atoms. The first kappa shape index (κ1) is 24.5. The van der Waals surface area contributed by atoms with Crippen LogP contribution in [0.2, 0.25) is 5.02 Å². The van der Waals surface area contributed by atoms with E-state index in [1.165, 1.54) is 11.8 Å². The molecule has 9 heteroatoms. The van der Waals surface area contributed by atoms with Gasteiger partial charge < -0.3 is 9.88 Å². The number of thioether (sulfide) groups is 1. The van der Waals surface area contributed by atoms with Gasteiger partial charge in [-0.25, -0.2) is 0 Å². The second-order valence-electron chi connectivity index (χ2n) is 9.25. The molecule has 190 valence electrons. The fraction of sp³-hybridized carbons (Fsp3) is 0.172. The van der Waals surface area contributed by atoms with Crippen LogP contribution in [0.5, 0.6) is 0 Å². The van der Waals surface area contributed by atoms with E-state index < -0.39 is 5.25 Å². The summed E-state index contributed by atoms with van der Waals surface area (Å²) in [4.78, 5) is 30.4. The van der Waals surface area contributed by atoms with Gasteiger partial charge in [0.25, 0.3) is 0 Å². The third-order valence-electron chi connectivity index (χ3n) is 6.84. The van der Waals surface area contributed by atoms with Crippen molar-refractivity contribution in [3.05, 3.63) is 89.1 Å². The Morgan fingerprint density at radius 3 is 2.63 bits per heavy atom. The summed E-state index contributed by atoms with van der Waals surface area (Å²) in [6, 6.07) is 21.1. The average Bonchev–Trinajstić information content (AvgIpc) is 3.65. The summed E-state index contributed by atoms with van der Waals surface area (Å²) in [6.45, 7) is 4.09. The van der Waals surface area contributed by atoms with Crippen LogP contribution in [0.25, 0.3) is 28.0 Å². The lowest BCUT2D eigenvalue weighted by Crippen LogP contribution is -2.25.